The van der Waals surface area contributed by atoms with Crippen molar-refractivity contribution in [2.45, 2.75) is 26.0 Å². The zero-order valence-corrected chi connectivity index (χ0v) is 12.8. The minimum Gasteiger partial charge on any atom is -0.489 e. The predicted molar refractivity (Wildman–Crippen MR) is 87.8 cm³/mol. The SMILES string of the molecule is CCC(CN)NC(=O)c1ccc(OCc2ccccc2)cc1. The van der Waals surface area contributed by atoms with Crippen molar-refractivity contribution >= 4 is 5.91 Å². The van der Waals surface area contributed by atoms with Crippen LogP contribution in [0.1, 0.15) is 29.3 Å². The van der Waals surface area contributed by atoms with Crippen LogP contribution in [0.25, 0.3) is 0 Å². The van der Waals surface area contributed by atoms with Gasteiger partial charge in [0.2, 0.25) is 0 Å². The van der Waals surface area contributed by atoms with Gasteiger partial charge < -0.3 is 15.8 Å². The molecule has 4 heteroatoms. The second-order valence-electron chi connectivity index (χ2n) is 5.11. The van der Waals surface area contributed by atoms with E-state index in [1.54, 1.807) is 24.3 Å². The molecule has 4 nitrogen and oxygen atoms in total. The van der Waals surface area contributed by atoms with Crippen LogP contribution in [0.3, 0.4) is 0 Å². The van der Waals surface area contributed by atoms with E-state index in [2.05, 4.69) is 5.32 Å². The fourth-order valence-corrected chi connectivity index (χ4v) is 2.04. The first-order valence-electron chi connectivity index (χ1n) is 7.50. The maximum absolute atomic E-state index is 12.1. The summed E-state index contributed by atoms with van der Waals surface area (Å²) < 4.78 is 5.70. The Morgan fingerprint density at radius 2 is 1.82 bits per heavy atom. The van der Waals surface area contributed by atoms with Gasteiger partial charge in [0, 0.05) is 18.2 Å². The molecule has 0 radical (unpaired) electrons. The predicted octanol–water partition coefficient (Wildman–Crippen LogP) is 2.73. The molecule has 1 unspecified atom stereocenters. The molecule has 0 saturated heterocycles. The molecule has 0 aliphatic rings. The standard InChI is InChI=1S/C18H22N2O2/c1-2-16(12-19)20-18(21)15-8-10-17(11-9-15)22-13-14-6-4-3-5-7-14/h3-11,16H,2,12-13,19H2,1H3,(H,20,21). The fourth-order valence-electron chi connectivity index (χ4n) is 2.04. The second kappa shape index (κ2) is 8.20. The normalized spacial score (nSPS) is 11.7. The van der Waals surface area contributed by atoms with Crippen LogP contribution < -0.4 is 15.8 Å². The van der Waals surface area contributed by atoms with Crippen LogP contribution in [-0.4, -0.2) is 18.5 Å². The number of nitrogens with one attached hydrogen (secondary N) is 1. The first kappa shape index (κ1) is 16.0. The number of carbonyl (C=O) groups is 1. The van der Waals surface area contributed by atoms with Crippen LogP contribution in [0, 0.1) is 0 Å². The van der Waals surface area contributed by atoms with E-state index in [0.29, 0.717) is 18.7 Å². The summed E-state index contributed by atoms with van der Waals surface area (Å²) in [5.74, 6) is 0.637. The average Bonchev–Trinajstić information content (AvgIpc) is 2.59. The first-order valence-corrected chi connectivity index (χ1v) is 7.50. The molecule has 116 valence electrons. The van der Waals surface area contributed by atoms with Crippen molar-refractivity contribution in [3.05, 3.63) is 65.7 Å². The third kappa shape index (κ3) is 4.60. The number of rotatable bonds is 7. The van der Waals surface area contributed by atoms with Gasteiger partial charge in [0.15, 0.2) is 0 Å². The Balaban J connectivity index is 1.91. The highest BCUT2D eigenvalue weighted by atomic mass is 16.5. The lowest BCUT2D eigenvalue weighted by Crippen LogP contribution is -2.39. The van der Waals surface area contributed by atoms with Crippen LogP contribution in [0.2, 0.25) is 0 Å². The Morgan fingerprint density at radius 3 is 2.41 bits per heavy atom. The lowest BCUT2D eigenvalue weighted by molar-refractivity contribution is 0.0937. The molecule has 0 spiro atoms. The summed E-state index contributed by atoms with van der Waals surface area (Å²) in [6.07, 6.45) is 0.820. The van der Waals surface area contributed by atoms with Gasteiger partial charge in [0.1, 0.15) is 12.4 Å². The zero-order chi connectivity index (χ0) is 15.8. The summed E-state index contributed by atoms with van der Waals surface area (Å²) in [5, 5.41) is 2.91. The molecule has 3 N–H and O–H groups in total. The van der Waals surface area contributed by atoms with Crippen molar-refractivity contribution in [1.29, 1.82) is 0 Å². The van der Waals surface area contributed by atoms with Crippen molar-refractivity contribution in [2.24, 2.45) is 5.73 Å². The summed E-state index contributed by atoms with van der Waals surface area (Å²) in [6, 6.07) is 17.1. The van der Waals surface area contributed by atoms with Gasteiger partial charge in [0.05, 0.1) is 0 Å². The number of hydrogen-bond donors (Lipinski definition) is 2. The van der Waals surface area contributed by atoms with Gasteiger partial charge in [-0.25, -0.2) is 0 Å². The van der Waals surface area contributed by atoms with Gasteiger partial charge in [-0.1, -0.05) is 37.3 Å². The number of amides is 1. The lowest BCUT2D eigenvalue weighted by Gasteiger charge is -2.14. The van der Waals surface area contributed by atoms with Crippen molar-refractivity contribution in [1.82, 2.24) is 5.32 Å². The average molecular weight is 298 g/mol. The molecule has 1 atom stereocenters. The molecular formula is C18H22N2O2. The first-order chi connectivity index (χ1) is 10.7. The van der Waals surface area contributed by atoms with E-state index < -0.39 is 0 Å². The van der Waals surface area contributed by atoms with Crippen LogP contribution in [0.4, 0.5) is 0 Å². The van der Waals surface area contributed by atoms with Gasteiger partial charge in [-0.3, -0.25) is 4.79 Å². The molecule has 0 bridgehead atoms. The Bertz CT molecular complexity index is 578. The Labute approximate surface area is 131 Å². The van der Waals surface area contributed by atoms with Crippen LogP contribution >= 0.6 is 0 Å². The molecule has 0 aromatic heterocycles. The molecular weight excluding hydrogens is 276 g/mol. The monoisotopic (exact) mass is 298 g/mol. The summed E-state index contributed by atoms with van der Waals surface area (Å²) in [7, 11) is 0. The van der Waals surface area contributed by atoms with E-state index in [1.807, 2.05) is 37.3 Å². The summed E-state index contributed by atoms with van der Waals surface area (Å²) >= 11 is 0. The summed E-state index contributed by atoms with van der Waals surface area (Å²) in [4.78, 5) is 12.1. The molecule has 0 saturated carbocycles. The topological polar surface area (TPSA) is 64.3 Å². The van der Waals surface area contributed by atoms with Crippen molar-refractivity contribution in [3.63, 3.8) is 0 Å². The highest BCUT2D eigenvalue weighted by Gasteiger charge is 2.10. The van der Waals surface area contributed by atoms with E-state index in [4.69, 9.17) is 10.5 Å². The Hall–Kier alpha value is -2.33. The molecule has 0 heterocycles. The smallest absolute Gasteiger partial charge is 0.251 e. The number of ether oxygens (including phenoxy) is 1. The molecule has 2 aromatic carbocycles. The largest absolute Gasteiger partial charge is 0.489 e. The minimum atomic E-state index is -0.105. The Morgan fingerprint density at radius 1 is 1.14 bits per heavy atom. The number of hydrogen-bond acceptors (Lipinski definition) is 3. The van der Waals surface area contributed by atoms with Gasteiger partial charge >= 0.3 is 0 Å². The molecule has 0 aliphatic heterocycles. The van der Waals surface area contributed by atoms with E-state index in [0.717, 1.165) is 17.7 Å². The molecule has 2 aromatic rings. The zero-order valence-electron chi connectivity index (χ0n) is 12.8. The van der Waals surface area contributed by atoms with E-state index in [-0.39, 0.29) is 11.9 Å². The molecule has 1 amide bonds. The maximum atomic E-state index is 12.1. The quantitative estimate of drug-likeness (QED) is 0.826. The molecule has 0 fully saturated rings. The third-order valence-corrected chi connectivity index (χ3v) is 3.48. The van der Waals surface area contributed by atoms with Gasteiger partial charge in [-0.05, 0) is 36.2 Å². The number of benzene rings is 2. The van der Waals surface area contributed by atoms with Crippen molar-refractivity contribution in [2.75, 3.05) is 6.54 Å². The number of nitrogens with two attached hydrogens (primary N) is 1. The van der Waals surface area contributed by atoms with Crippen molar-refractivity contribution < 1.29 is 9.53 Å². The molecule has 0 aliphatic carbocycles. The Kier molecular flexibility index (Phi) is 5.98. The van der Waals surface area contributed by atoms with Gasteiger partial charge in [0.25, 0.3) is 5.91 Å². The van der Waals surface area contributed by atoms with E-state index in [9.17, 15) is 4.79 Å². The van der Waals surface area contributed by atoms with E-state index >= 15 is 0 Å². The highest BCUT2D eigenvalue weighted by Crippen LogP contribution is 2.14. The minimum absolute atomic E-state index is 0.0153. The fraction of sp³-hybridized carbons (Fsp3) is 0.278. The van der Waals surface area contributed by atoms with Crippen LogP contribution in [0.15, 0.2) is 54.6 Å². The maximum Gasteiger partial charge on any atom is 0.251 e. The van der Waals surface area contributed by atoms with Crippen LogP contribution in [-0.2, 0) is 6.61 Å². The van der Waals surface area contributed by atoms with Crippen molar-refractivity contribution in [3.8, 4) is 5.75 Å². The third-order valence-electron chi connectivity index (χ3n) is 3.48. The summed E-state index contributed by atoms with van der Waals surface area (Å²) in [5.41, 5.74) is 7.31. The molecule has 22 heavy (non-hydrogen) atoms. The van der Waals surface area contributed by atoms with E-state index in [1.165, 1.54) is 0 Å². The molecule has 2 rings (SSSR count). The second-order valence-corrected chi connectivity index (χ2v) is 5.11. The van der Waals surface area contributed by atoms with Gasteiger partial charge in [-0.15, -0.1) is 0 Å². The van der Waals surface area contributed by atoms with Crippen LogP contribution in [0.5, 0.6) is 5.75 Å². The lowest BCUT2D eigenvalue weighted by atomic mass is 10.1. The van der Waals surface area contributed by atoms with Gasteiger partial charge in [-0.2, -0.15) is 0 Å². The highest BCUT2D eigenvalue weighted by molar-refractivity contribution is 5.94. The number of carbonyl (C=O) groups excluding carboxylic acids is 1. The summed E-state index contributed by atoms with van der Waals surface area (Å²) in [6.45, 7) is 2.95.